The van der Waals surface area contributed by atoms with Crippen LogP contribution in [0.2, 0.25) is 0 Å². The fraction of sp³-hybridized carbons (Fsp3) is 0.250. The molecule has 0 aromatic heterocycles. The zero-order valence-corrected chi connectivity index (χ0v) is 10.4. The van der Waals surface area contributed by atoms with Crippen LogP contribution in [0.1, 0.15) is 5.56 Å². The van der Waals surface area contributed by atoms with Crippen molar-refractivity contribution in [3.8, 4) is 5.75 Å². The lowest BCUT2D eigenvalue weighted by Gasteiger charge is -2.08. The van der Waals surface area contributed by atoms with E-state index in [1.165, 1.54) is 13.2 Å². The van der Waals surface area contributed by atoms with Crippen molar-refractivity contribution in [2.24, 2.45) is 0 Å². The second kappa shape index (κ2) is 4.54. The minimum atomic E-state index is -0.648. The van der Waals surface area contributed by atoms with Crippen molar-refractivity contribution in [2.45, 2.75) is 5.33 Å². The van der Waals surface area contributed by atoms with Crippen LogP contribution in [0.15, 0.2) is 6.07 Å². The molecule has 0 aliphatic rings. The number of alkyl halides is 1. The van der Waals surface area contributed by atoms with Crippen molar-refractivity contribution in [2.75, 3.05) is 7.11 Å². The molecular formula is C8H6BrF2IO. The molecule has 0 atom stereocenters. The van der Waals surface area contributed by atoms with Crippen molar-refractivity contribution >= 4 is 38.5 Å². The highest BCUT2D eigenvalue weighted by Gasteiger charge is 2.16. The summed E-state index contributed by atoms with van der Waals surface area (Å²) in [5, 5.41) is 0.339. The minimum absolute atomic E-state index is 0.318. The van der Waals surface area contributed by atoms with E-state index >= 15 is 0 Å². The lowest BCUT2D eigenvalue weighted by Crippen LogP contribution is -1.99. The molecule has 1 rings (SSSR count). The van der Waals surface area contributed by atoms with Gasteiger partial charge >= 0.3 is 0 Å². The van der Waals surface area contributed by atoms with Crippen LogP contribution in [0.5, 0.6) is 5.75 Å². The highest BCUT2D eigenvalue weighted by molar-refractivity contribution is 14.1. The predicted molar refractivity (Wildman–Crippen MR) is 58.3 cm³/mol. The van der Waals surface area contributed by atoms with E-state index in [-0.39, 0.29) is 5.75 Å². The predicted octanol–water partition coefficient (Wildman–Crippen LogP) is 3.47. The van der Waals surface area contributed by atoms with Gasteiger partial charge in [-0.3, -0.25) is 0 Å². The first kappa shape index (κ1) is 11.2. The molecule has 0 bridgehead atoms. The first-order chi connectivity index (χ1) is 6.11. The average molecular weight is 363 g/mol. The Morgan fingerprint density at radius 3 is 2.54 bits per heavy atom. The molecule has 13 heavy (non-hydrogen) atoms. The molecule has 0 unspecified atom stereocenters. The van der Waals surface area contributed by atoms with Crippen LogP contribution >= 0.6 is 38.5 Å². The fourth-order valence-electron chi connectivity index (χ4n) is 0.907. The van der Waals surface area contributed by atoms with E-state index in [1.807, 2.05) is 0 Å². The maximum atomic E-state index is 13.3. The molecule has 1 aromatic carbocycles. The average Bonchev–Trinajstić information content (AvgIpc) is 2.12. The van der Waals surface area contributed by atoms with E-state index in [1.54, 1.807) is 22.6 Å². The number of hydrogen-bond acceptors (Lipinski definition) is 1. The normalized spacial score (nSPS) is 10.2. The lowest BCUT2D eigenvalue weighted by atomic mass is 10.2. The minimum Gasteiger partial charge on any atom is -0.491 e. The monoisotopic (exact) mass is 362 g/mol. The third-order valence-corrected chi connectivity index (χ3v) is 2.93. The largest absolute Gasteiger partial charge is 0.491 e. The van der Waals surface area contributed by atoms with Crippen LogP contribution in [0, 0.1) is 15.2 Å². The fourth-order valence-corrected chi connectivity index (χ4v) is 1.94. The van der Waals surface area contributed by atoms with Gasteiger partial charge in [-0.2, -0.15) is 0 Å². The quantitative estimate of drug-likeness (QED) is 0.444. The molecule has 0 saturated carbocycles. The summed E-state index contributed by atoms with van der Waals surface area (Å²) in [4.78, 5) is 0. The van der Waals surface area contributed by atoms with Gasteiger partial charge in [0.15, 0.2) is 17.4 Å². The van der Waals surface area contributed by atoms with Crippen LogP contribution in [0.4, 0.5) is 8.78 Å². The number of methoxy groups -OCH3 is 1. The molecule has 0 radical (unpaired) electrons. The summed E-state index contributed by atoms with van der Waals surface area (Å²) < 4.78 is 31.5. The number of rotatable bonds is 2. The van der Waals surface area contributed by atoms with Crippen molar-refractivity contribution in [1.29, 1.82) is 0 Å². The van der Waals surface area contributed by atoms with Crippen LogP contribution < -0.4 is 4.74 Å². The first-order valence-electron chi connectivity index (χ1n) is 3.38. The molecule has 0 aliphatic carbocycles. The Balaban J connectivity index is 3.39. The molecule has 1 nitrogen and oxygen atoms in total. The highest BCUT2D eigenvalue weighted by Crippen LogP contribution is 2.29. The second-order valence-corrected chi connectivity index (χ2v) is 4.04. The van der Waals surface area contributed by atoms with E-state index in [9.17, 15) is 8.78 Å². The van der Waals surface area contributed by atoms with Crippen LogP contribution in [-0.4, -0.2) is 7.11 Å². The van der Waals surface area contributed by atoms with Gasteiger partial charge in [-0.05, 0) is 28.7 Å². The first-order valence-corrected chi connectivity index (χ1v) is 5.58. The Kier molecular flexibility index (Phi) is 3.90. The second-order valence-electron chi connectivity index (χ2n) is 2.31. The Morgan fingerprint density at radius 2 is 2.08 bits per heavy atom. The third kappa shape index (κ3) is 2.12. The van der Waals surface area contributed by atoms with E-state index in [2.05, 4.69) is 20.7 Å². The summed E-state index contributed by atoms with van der Waals surface area (Å²) in [7, 11) is 1.25. The zero-order chi connectivity index (χ0) is 10.0. The van der Waals surface area contributed by atoms with E-state index < -0.39 is 11.6 Å². The standard InChI is InChI=1S/C8H6BrF2IO/c1-13-8-6(10)4(3-9)2-5(12)7(8)11/h2H,3H2,1H3. The third-order valence-electron chi connectivity index (χ3n) is 1.54. The molecule has 0 amide bonds. The Labute approximate surface area is 96.7 Å². The summed E-state index contributed by atoms with van der Waals surface area (Å²) >= 11 is 4.91. The molecule has 0 N–H and O–H groups in total. The summed E-state index contributed by atoms with van der Waals surface area (Å²) in [6.45, 7) is 0. The van der Waals surface area contributed by atoms with E-state index in [0.717, 1.165) is 0 Å². The molecule has 1 aromatic rings. The van der Waals surface area contributed by atoms with Crippen LogP contribution in [0.25, 0.3) is 0 Å². The summed E-state index contributed by atoms with van der Waals surface area (Å²) in [6.07, 6.45) is 0. The molecule has 0 aliphatic heterocycles. The topological polar surface area (TPSA) is 9.23 Å². The van der Waals surface area contributed by atoms with Gasteiger partial charge in [0.1, 0.15) is 0 Å². The molecule has 0 spiro atoms. The molecule has 72 valence electrons. The Bertz CT molecular complexity index is 330. The van der Waals surface area contributed by atoms with Gasteiger partial charge in [-0.25, -0.2) is 8.78 Å². The number of hydrogen-bond donors (Lipinski definition) is 0. The molecule has 0 fully saturated rings. The van der Waals surface area contributed by atoms with Crippen molar-refractivity contribution in [1.82, 2.24) is 0 Å². The van der Waals surface area contributed by atoms with Crippen molar-refractivity contribution in [3.63, 3.8) is 0 Å². The van der Waals surface area contributed by atoms with Gasteiger partial charge in [-0.1, -0.05) is 15.9 Å². The molecular weight excluding hydrogens is 357 g/mol. The highest BCUT2D eigenvalue weighted by atomic mass is 127. The summed E-state index contributed by atoms with van der Waals surface area (Å²) in [5.41, 5.74) is 0.391. The summed E-state index contributed by atoms with van der Waals surface area (Å²) in [6, 6.07) is 1.45. The van der Waals surface area contributed by atoms with Crippen LogP contribution in [-0.2, 0) is 5.33 Å². The Morgan fingerprint density at radius 1 is 1.46 bits per heavy atom. The zero-order valence-electron chi connectivity index (χ0n) is 6.70. The molecule has 0 saturated heterocycles. The van der Waals surface area contributed by atoms with Gasteiger partial charge in [0.25, 0.3) is 0 Å². The van der Waals surface area contributed by atoms with Crippen molar-refractivity contribution in [3.05, 3.63) is 26.8 Å². The summed E-state index contributed by atoms with van der Waals surface area (Å²) in [5.74, 6) is -1.61. The van der Waals surface area contributed by atoms with Gasteiger partial charge in [0, 0.05) is 10.9 Å². The van der Waals surface area contributed by atoms with Gasteiger partial charge in [0.05, 0.1) is 10.7 Å². The van der Waals surface area contributed by atoms with Gasteiger partial charge < -0.3 is 4.74 Å². The van der Waals surface area contributed by atoms with Gasteiger partial charge in [0.2, 0.25) is 0 Å². The molecule has 0 heterocycles. The number of ether oxygens (including phenoxy) is 1. The smallest absolute Gasteiger partial charge is 0.191 e. The molecule has 5 heteroatoms. The van der Waals surface area contributed by atoms with Gasteiger partial charge in [-0.15, -0.1) is 0 Å². The number of benzene rings is 1. The van der Waals surface area contributed by atoms with E-state index in [0.29, 0.717) is 14.5 Å². The number of halogens is 4. The lowest BCUT2D eigenvalue weighted by molar-refractivity contribution is 0.357. The maximum Gasteiger partial charge on any atom is 0.191 e. The SMILES string of the molecule is COc1c(F)c(I)cc(CBr)c1F. The van der Waals surface area contributed by atoms with Crippen LogP contribution in [0.3, 0.4) is 0 Å². The van der Waals surface area contributed by atoms with Crippen molar-refractivity contribution < 1.29 is 13.5 Å². The van der Waals surface area contributed by atoms with E-state index in [4.69, 9.17) is 0 Å². The maximum absolute atomic E-state index is 13.3. The Hall–Kier alpha value is 0.0900.